The van der Waals surface area contributed by atoms with Gasteiger partial charge in [-0.25, -0.2) is 0 Å². The number of carbonyl (C=O) groups is 2. The van der Waals surface area contributed by atoms with Crippen molar-refractivity contribution in [1.29, 1.82) is 0 Å². The first-order chi connectivity index (χ1) is 15.0. The van der Waals surface area contributed by atoms with Crippen LogP contribution in [0.15, 0.2) is 72.7 Å². The molecule has 1 amide bonds. The minimum absolute atomic E-state index is 0.0160. The smallest absolute Gasteiger partial charge is 0.296 e. The standard InChI is InChI=1S/C24H21N3O4/c1-15-13-17(6-7-19(15)31-2)22(28)20-21(18-5-3-4-10-26-18)27(24(30)23(20)29)14-16-8-11-25-12-9-16/h3-13,21,28H,14H2,1-2H3/b22-20-. The van der Waals surface area contributed by atoms with Gasteiger partial charge in [0.05, 0.1) is 18.4 Å². The zero-order valence-corrected chi connectivity index (χ0v) is 17.1. The van der Waals surface area contributed by atoms with Crippen molar-refractivity contribution in [3.8, 4) is 5.75 Å². The van der Waals surface area contributed by atoms with Crippen LogP contribution in [0.3, 0.4) is 0 Å². The molecule has 7 nitrogen and oxygen atoms in total. The topological polar surface area (TPSA) is 92.6 Å². The van der Waals surface area contributed by atoms with Gasteiger partial charge in [-0.15, -0.1) is 0 Å². The second-order valence-electron chi connectivity index (χ2n) is 7.22. The van der Waals surface area contributed by atoms with Crippen LogP contribution in [-0.2, 0) is 16.1 Å². The number of likely N-dealkylation sites (tertiary alicyclic amines) is 1. The molecule has 7 heteroatoms. The van der Waals surface area contributed by atoms with Gasteiger partial charge in [-0.2, -0.15) is 0 Å². The average Bonchev–Trinajstić information content (AvgIpc) is 3.04. The van der Waals surface area contributed by atoms with E-state index in [0.717, 1.165) is 11.1 Å². The second kappa shape index (κ2) is 8.39. The SMILES string of the molecule is COc1ccc(/C(O)=C2/C(=O)C(=O)N(Cc3ccncc3)C2c2ccccn2)cc1C. The van der Waals surface area contributed by atoms with E-state index in [2.05, 4.69) is 9.97 Å². The highest BCUT2D eigenvalue weighted by Crippen LogP contribution is 2.39. The van der Waals surface area contributed by atoms with Gasteiger partial charge in [0.2, 0.25) is 0 Å². The lowest BCUT2D eigenvalue weighted by Gasteiger charge is -2.24. The van der Waals surface area contributed by atoms with Crippen molar-refractivity contribution in [2.75, 3.05) is 7.11 Å². The van der Waals surface area contributed by atoms with E-state index in [1.165, 1.54) is 4.90 Å². The fraction of sp³-hybridized carbons (Fsp3) is 0.167. The number of methoxy groups -OCH3 is 1. The molecule has 1 saturated heterocycles. The number of aliphatic hydroxyl groups is 1. The first kappa shape index (κ1) is 20.3. The van der Waals surface area contributed by atoms with Gasteiger partial charge in [0.1, 0.15) is 17.6 Å². The summed E-state index contributed by atoms with van der Waals surface area (Å²) in [5.41, 5.74) is 2.57. The number of benzene rings is 1. The molecule has 3 aromatic rings. The summed E-state index contributed by atoms with van der Waals surface area (Å²) in [5, 5.41) is 11.1. The number of aromatic nitrogens is 2. The molecule has 1 aromatic carbocycles. The Hall–Kier alpha value is -4.00. The van der Waals surface area contributed by atoms with Crippen molar-refractivity contribution in [2.24, 2.45) is 0 Å². The van der Waals surface area contributed by atoms with Crippen LogP contribution in [0, 0.1) is 6.92 Å². The Labute approximate surface area is 179 Å². The largest absolute Gasteiger partial charge is 0.507 e. The Kier molecular flexibility index (Phi) is 5.49. The number of hydrogen-bond donors (Lipinski definition) is 1. The van der Waals surface area contributed by atoms with Crippen LogP contribution in [-0.4, -0.2) is 38.8 Å². The quantitative estimate of drug-likeness (QED) is 0.390. The van der Waals surface area contributed by atoms with Crippen molar-refractivity contribution in [2.45, 2.75) is 19.5 Å². The molecule has 31 heavy (non-hydrogen) atoms. The summed E-state index contributed by atoms with van der Waals surface area (Å²) < 4.78 is 5.28. The van der Waals surface area contributed by atoms with E-state index in [0.29, 0.717) is 17.0 Å². The fourth-order valence-corrected chi connectivity index (χ4v) is 3.75. The Morgan fingerprint density at radius 2 is 1.87 bits per heavy atom. The van der Waals surface area contributed by atoms with Gasteiger partial charge in [-0.3, -0.25) is 19.6 Å². The molecule has 1 unspecified atom stereocenters. The summed E-state index contributed by atoms with van der Waals surface area (Å²) in [6.07, 6.45) is 4.85. The number of ketones is 1. The molecule has 0 saturated carbocycles. The van der Waals surface area contributed by atoms with Crippen molar-refractivity contribution < 1.29 is 19.4 Å². The second-order valence-corrected chi connectivity index (χ2v) is 7.22. The molecule has 156 valence electrons. The van der Waals surface area contributed by atoms with Crippen molar-refractivity contribution in [3.05, 3.63) is 95.1 Å². The molecule has 1 aliphatic rings. The Bertz CT molecular complexity index is 1160. The molecule has 0 spiro atoms. The number of aryl methyl sites for hydroxylation is 1. The predicted octanol–water partition coefficient (Wildman–Crippen LogP) is 3.42. The minimum atomic E-state index is -0.809. The van der Waals surface area contributed by atoms with Crippen LogP contribution < -0.4 is 4.74 Å². The van der Waals surface area contributed by atoms with Crippen LogP contribution in [0.5, 0.6) is 5.75 Å². The van der Waals surface area contributed by atoms with E-state index in [-0.39, 0.29) is 17.9 Å². The summed E-state index contributed by atoms with van der Waals surface area (Å²) >= 11 is 0. The summed E-state index contributed by atoms with van der Waals surface area (Å²) in [7, 11) is 1.56. The van der Waals surface area contributed by atoms with E-state index >= 15 is 0 Å². The van der Waals surface area contributed by atoms with Crippen molar-refractivity contribution >= 4 is 17.4 Å². The first-order valence-corrected chi connectivity index (χ1v) is 9.74. The molecule has 3 heterocycles. The highest BCUT2D eigenvalue weighted by molar-refractivity contribution is 6.46. The zero-order chi connectivity index (χ0) is 22.0. The highest BCUT2D eigenvalue weighted by Gasteiger charge is 2.46. The van der Waals surface area contributed by atoms with E-state index in [4.69, 9.17) is 4.74 Å². The van der Waals surface area contributed by atoms with Crippen LogP contribution in [0.25, 0.3) is 5.76 Å². The number of pyridine rings is 2. The molecule has 2 aromatic heterocycles. The van der Waals surface area contributed by atoms with Crippen LogP contribution >= 0.6 is 0 Å². The lowest BCUT2D eigenvalue weighted by molar-refractivity contribution is -0.140. The summed E-state index contributed by atoms with van der Waals surface area (Å²) in [6.45, 7) is 2.03. The fourth-order valence-electron chi connectivity index (χ4n) is 3.75. The maximum atomic E-state index is 13.0. The average molecular weight is 415 g/mol. The Morgan fingerprint density at radius 3 is 2.52 bits per heavy atom. The van der Waals surface area contributed by atoms with Gasteiger partial charge in [0, 0.05) is 30.7 Å². The summed E-state index contributed by atoms with van der Waals surface area (Å²) in [4.78, 5) is 35.8. The van der Waals surface area contributed by atoms with E-state index < -0.39 is 17.7 Å². The molecule has 1 atom stereocenters. The maximum absolute atomic E-state index is 13.0. The van der Waals surface area contributed by atoms with E-state index in [9.17, 15) is 14.7 Å². The van der Waals surface area contributed by atoms with Gasteiger partial charge < -0.3 is 14.7 Å². The molecule has 1 fully saturated rings. The minimum Gasteiger partial charge on any atom is -0.507 e. The number of hydrogen-bond acceptors (Lipinski definition) is 6. The number of ether oxygens (including phenoxy) is 1. The Balaban J connectivity index is 1.85. The normalized spacial score (nSPS) is 17.7. The molecule has 0 bridgehead atoms. The van der Waals surface area contributed by atoms with E-state index in [1.807, 2.05) is 6.92 Å². The van der Waals surface area contributed by atoms with Gasteiger partial charge in [0.15, 0.2) is 0 Å². The third kappa shape index (κ3) is 3.77. The van der Waals surface area contributed by atoms with Crippen LogP contribution in [0.2, 0.25) is 0 Å². The molecule has 1 N–H and O–H groups in total. The zero-order valence-electron chi connectivity index (χ0n) is 17.1. The maximum Gasteiger partial charge on any atom is 0.296 e. The first-order valence-electron chi connectivity index (χ1n) is 9.74. The van der Waals surface area contributed by atoms with Crippen molar-refractivity contribution in [1.82, 2.24) is 14.9 Å². The monoisotopic (exact) mass is 415 g/mol. The van der Waals surface area contributed by atoms with Crippen LogP contribution in [0.4, 0.5) is 0 Å². The number of rotatable bonds is 5. The van der Waals surface area contributed by atoms with Gasteiger partial charge in [-0.1, -0.05) is 6.07 Å². The number of aliphatic hydroxyl groups excluding tert-OH is 1. The van der Waals surface area contributed by atoms with Crippen molar-refractivity contribution in [3.63, 3.8) is 0 Å². The molecule has 0 radical (unpaired) electrons. The van der Waals surface area contributed by atoms with Crippen LogP contribution in [0.1, 0.15) is 28.4 Å². The number of carbonyl (C=O) groups excluding carboxylic acids is 2. The van der Waals surface area contributed by atoms with Gasteiger partial charge >= 0.3 is 0 Å². The highest BCUT2D eigenvalue weighted by atomic mass is 16.5. The molecule has 0 aliphatic carbocycles. The summed E-state index contributed by atoms with van der Waals surface area (Å²) in [6, 6.07) is 13.1. The third-order valence-electron chi connectivity index (χ3n) is 5.28. The Morgan fingerprint density at radius 1 is 1.10 bits per heavy atom. The predicted molar refractivity (Wildman–Crippen MR) is 114 cm³/mol. The van der Waals surface area contributed by atoms with E-state index in [1.54, 1.807) is 74.2 Å². The lowest BCUT2D eigenvalue weighted by Crippen LogP contribution is -2.29. The summed E-state index contributed by atoms with van der Waals surface area (Å²) in [5.74, 6) is -0.997. The molecular weight excluding hydrogens is 394 g/mol. The molecule has 4 rings (SSSR count). The lowest BCUT2D eigenvalue weighted by atomic mass is 9.97. The third-order valence-corrected chi connectivity index (χ3v) is 5.28. The van der Waals surface area contributed by atoms with Gasteiger partial charge in [0.25, 0.3) is 11.7 Å². The molecular formula is C24H21N3O4. The number of Topliss-reactive ketones (excluding diaryl/α,β-unsaturated/α-hetero) is 1. The molecule has 1 aliphatic heterocycles. The van der Waals surface area contributed by atoms with Gasteiger partial charge in [-0.05, 0) is 60.5 Å². The number of amides is 1. The number of nitrogens with zero attached hydrogens (tertiary/aromatic N) is 3.